The number of hydrogen-bond donors (Lipinski definition) is 0. The van der Waals surface area contributed by atoms with Crippen molar-refractivity contribution in [1.29, 1.82) is 0 Å². The highest BCUT2D eigenvalue weighted by Gasteiger charge is 2.19. The maximum atomic E-state index is 10.8. The van der Waals surface area contributed by atoms with Gasteiger partial charge in [-0.05, 0) is 25.0 Å². The largest absolute Gasteiger partial charge is 0.377 e. The highest BCUT2D eigenvalue weighted by molar-refractivity contribution is 9.08. The molecule has 1 aromatic rings. The molecule has 1 aliphatic rings. The van der Waals surface area contributed by atoms with Gasteiger partial charge in [0.1, 0.15) is 0 Å². The Balaban J connectivity index is 2.29. The standard InChI is InChI=1S/C13H17BrN2O3/c1-10-9-15(5-2-6-19-10)13-4-3-12(16(17)18)7-11(13)8-14/h3-4,7,10H,2,5-6,8-9H2,1H3. The molecule has 1 aliphatic heterocycles. The summed E-state index contributed by atoms with van der Waals surface area (Å²) in [6.07, 6.45) is 1.16. The van der Waals surface area contributed by atoms with E-state index in [-0.39, 0.29) is 16.7 Å². The Hall–Kier alpha value is -1.14. The van der Waals surface area contributed by atoms with Crippen LogP contribution in [0, 0.1) is 10.1 Å². The minimum atomic E-state index is -0.357. The van der Waals surface area contributed by atoms with Crippen LogP contribution in [0.25, 0.3) is 0 Å². The molecule has 1 unspecified atom stereocenters. The van der Waals surface area contributed by atoms with Gasteiger partial charge in [0.15, 0.2) is 0 Å². The number of nitro benzene ring substituents is 1. The summed E-state index contributed by atoms with van der Waals surface area (Å²) in [7, 11) is 0. The van der Waals surface area contributed by atoms with Gasteiger partial charge in [-0.15, -0.1) is 0 Å². The third-order valence-corrected chi connectivity index (χ3v) is 3.81. The van der Waals surface area contributed by atoms with Gasteiger partial charge < -0.3 is 9.64 Å². The van der Waals surface area contributed by atoms with Crippen LogP contribution in [0.5, 0.6) is 0 Å². The van der Waals surface area contributed by atoms with E-state index >= 15 is 0 Å². The molecule has 1 fully saturated rings. The molecule has 1 aromatic carbocycles. The molecule has 1 saturated heterocycles. The van der Waals surface area contributed by atoms with E-state index in [0.29, 0.717) is 5.33 Å². The molecule has 1 heterocycles. The number of benzene rings is 1. The number of halogens is 1. The Morgan fingerprint density at radius 1 is 1.58 bits per heavy atom. The maximum absolute atomic E-state index is 10.8. The number of non-ortho nitro benzene ring substituents is 1. The number of nitrogens with zero attached hydrogens (tertiary/aromatic N) is 2. The van der Waals surface area contributed by atoms with Crippen molar-refractivity contribution in [2.24, 2.45) is 0 Å². The van der Waals surface area contributed by atoms with Gasteiger partial charge in [0.2, 0.25) is 0 Å². The average Bonchev–Trinajstić information content (AvgIpc) is 2.62. The van der Waals surface area contributed by atoms with E-state index in [1.165, 1.54) is 0 Å². The molecule has 0 amide bonds. The predicted octanol–water partition coefficient (Wildman–Crippen LogP) is 3.10. The quantitative estimate of drug-likeness (QED) is 0.486. The van der Waals surface area contributed by atoms with Gasteiger partial charge in [0, 0.05) is 42.8 Å². The molecule has 0 aliphatic carbocycles. The molecule has 0 radical (unpaired) electrons. The van der Waals surface area contributed by atoms with Gasteiger partial charge in [0.25, 0.3) is 5.69 Å². The topological polar surface area (TPSA) is 55.6 Å². The lowest BCUT2D eigenvalue weighted by atomic mass is 10.1. The number of hydrogen-bond acceptors (Lipinski definition) is 4. The lowest BCUT2D eigenvalue weighted by Gasteiger charge is -2.26. The van der Waals surface area contributed by atoms with Crippen molar-refractivity contribution >= 4 is 27.3 Å². The summed E-state index contributed by atoms with van der Waals surface area (Å²) in [5, 5.41) is 11.4. The number of nitro groups is 1. The van der Waals surface area contributed by atoms with Crippen molar-refractivity contribution in [1.82, 2.24) is 0 Å². The van der Waals surface area contributed by atoms with E-state index in [4.69, 9.17) is 4.74 Å². The van der Waals surface area contributed by atoms with Crippen molar-refractivity contribution in [2.45, 2.75) is 24.8 Å². The van der Waals surface area contributed by atoms with E-state index < -0.39 is 0 Å². The van der Waals surface area contributed by atoms with Gasteiger partial charge in [-0.1, -0.05) is 15.9 Å². The second-order valence-electron chi connectivity index (χ2n) is 4.68. The van der Waals surface area contributed by atoms with E-state index in [1.807, 2.05) is 6.07 Å². The molecule has 2 rings (SSSR count). The van der Waals surface area contributed by atoms with Crippen LogP contribution in [0.2, 0.25) is 0 Å². The molecule has 0 aromatic heterocycles. The molecule has 19 heavy (non-hydrogen) atoms. The Morgan fingerprint density at radius 2 is 2.37 bits per heavy atom. The number of anilines is 1. The zero-order chi connectivity index (χ0) is 13.8. The van der Waals surface area contributed by atoms with Crippen LogP contribution in [-0.2, 0) is 10.1 Å². The summed E-state index contributed by atoms with van der Waals surface area (Å²) >= 11 is 3.41. The number of alkyl halides is 1. The smallest absolute Gasteiger partial charge is 0.269 e. The van der Waals surface area contributed by atoms with Crippen LogP contribution < -0.4 is 4.90 Å². The van der Waals surface area contributed by atoms with Crippen molar-refractivity contribution in [2.75, 3.05) is 24.6 Å². The number of ether oxygens (including phenoxy) is 1. The molecule has 0 N–H and O–H groups in total. The van der Waals surface area contributed by atoms with E-state index in [0.717, 1.165) is 37.4 Å². The van der Waals surface area contributed by atoms with E-state index in [1.54, 1.807) is 12.1 Å². The first kappa shape index (κ1) is 14.3. The summed E-state index contributed by atoms with van der Waals surface area (Å²) in [6, 6.07) is 5.05. The minimum absolute atomic E-state index is 0.136. The van der Waals surface area contributed by atoms with Crippen molar-refractivity contribution in [3.05, 3.63) is 33.9 Å². The van der Waals surface area contributed by atoms with Crippen LogP contribution >= 0.6 is 15.9 Å². The van der Waals surface area contributed by atoms with Crippen LogP contribution in [0.4, 0.5) is 11.4 Å². The summed E-state index contributed by atoms with van der Waals surface area (Å²) in [4.78, 5) is 12.7. The monoisotopic (exact) mass is 328 g/mol. The summed E-state index contributed by atoms with van der Waals surface area (Å²) < 4.78 is 5.63. The maximum Gasteiger partial charge on any atom is 0.269 e. The molecule has 0 saturated carbocycles. The van der Waals surface area contributed by atoms with Gasteiger partial charge in [-0.3, -0.25) is 10.1 Å². The van der Waals surface area contributed by atoms with Crippen LogP contribution in [0.15, 0.2) is 18.2 Å². The van der Waals surface area contributed by atoms with Gasteiger partial charge in [-0.2, -0.15) is 0 Å². The molecular formula is C13H17BrN2O3. The third kappa shape index (κ3) is 3.45. The summed E-state index contributed by atoms with van der Waals surface area (Å²) in [5.41, 5.74) is 2.14. The zero-order valence-corrected chi connectivity index (χ0v) is 12.4. The SMILES string of the molecule is CC1CN(c2ccc([N+](=O)[O-])cc2CBr)CCCO1. The molecule has 1 atom stereocenters. The molecule has 6 heteroatoms. The van der Waals surface area contributed by atoms with Crippen molar-refractivity contribution in [3.8, 4) is 0 Å². The molecule has 5 nitrogen and oxygen atoms in total. The van der Waals surface area contributed by atoms with Crippen LogP contribution in [0.3, 0.4) is 0 Å². The fraction of sp³-hybridized carbons (Fsp3) is 0.538. The van der Waals surface area contributed by atoms with E-state index in [9.17, 15) is 10.1 Å². The Morgan fingerprint density at radius 3 is 3.05 bits per heavy atom. The van der Waals surface area contributed by atoms with Gasteiger partial charge in [0.05, 0.1) is 11.0 Å². The second kappa shape index (κ2) is 6.34. The third-order valence-electron chi connectivity index (χ3n) is 3.21. The van der Waals surface area contributed by atoms with Crippen LogP contribution in [-0.4, -0.2) is 30.7 Å². The van der Waals surface area contributed by atoms with Crippen LogP contribution in [0.1, 0.15) is 18.9 Å². The lowest BCUT2D eigenvalue weighted by Crippen LogP contribution is -2.30. The van der Waals surface area contributed by atoms with Gasteiger partial charge >= 0.3 is 0 Å². The second-order valence-corrected chi connectivity index (χ2v) is 5.25. The Kier molecular flexibility index (Phi) is 4.76. The predicted molar refractivity (Wildman–Crippen MR) is 78.0 cm³/mol. The molecule has 0 bridgehead atoms. The fourth-order valence-corrected chi connectivity index (χ4v) is 2.76. The van der Waals surface area contributed by atoms with Gasteiger partial charge in [-0.25, -0.2) is 0 Å². The summed E-state index contributed by atoms with van der Waals surface area (Å²) in [5.74, 6) is 0. The summed E-state index contributed by atoms with van der Waals surface area (Å²) in [6.45, 7) is 4.56. The average molecular weight is 329 g/mol. The number of rotatable bonds is 3. The minimum Gasteiger partial charge on any atom is -0.377 e. The molecule has 0 spiro atoms. The fourth-order valence-electron chi connectivity index (χ4n) is 2.31. The molecular weight excluding hydrogens is 312 g/mol. The zero-order valence-electron chi connectivity index (χ0n) is 10.8. The molecule has 104 valence electrons. The highest BCUT2D eigenvalue weighted by Crippen LogP contribution is 2.28. The Labute approximate surface area is 120 Å². The van der Waals surface area contributed by atoms with Crippen molar-refractivity contribution < 1.29 is 9.66 Å². The van der Waals surface area contributed by atoms with E-state index in [2.05, 4.69) is 27.8 Å². The first-order chi connectivity index (χ1) is 9.11. The normalized spacial score (nSPS) is 20.1. The lowest BCUT2D eigenvalue weighted by molar-refractivity contribution is -0.384. The first-order valence-corrected chi connectivity index (χ1v) is 7.44. The highest BCUT2D eigenvalue weighted by atomic mass is 79.9. The van der Waals surface area contributed by atoms with Crippen molar-refractivity contribution in [3.63, 3.8) is 0 Å². The Bertz CT molecular complexity index is 467. The first-order valence-electron chi connectivity index (χ1n) is 6.31.